The number of rotatable bonds is 4. The van der Waals surface area contributed by atoms with E-state index < -0.39 is 28.8 Å². The second-order valence-electron chi connectivity index (χ2n) is 8.23. The average molecular weight is 349 g/mol. The lowest BCUT2D eigenvalue weighted by Crippen LogP contribution is -2.48. The minimum absolute atomic E-state index is 0.0242. The molecule has 0 radical (unpaired) electrons. The summed E-state index contributed by atoms with van der Waals surface area (Å²) in [6.07, 6.45) is 2.60. The van der Waals surface area contributed by atoms with Crippen molar-refractivity contribution in [2.24, 2.45) is 0 Å². The quantitative estimate of drug-likeness (QED) is 0.483. The number of aromatic nitrogens is 1. The van der Waals surface area contributed by atoms with Gasteiger partial charge in [-0.05, 0) is 47.5 Å². The van der Waals surface area contributed by atoms with Gasteiger partial charge in [-0.3, -0.25) is 10.1 Å². The lowest BCUT2D eigenvalue weighted by Gasteiger charge is -2.41. The van der Waals surface area contributed by atoms with Crippen molar-refractivity contribution >= 4 is 24.1 Å². The highest BCUT2D eigenvalue weighted by atomic mass is 16.7. The molecule has 0 bridgehead atoms. The van der Waals surface area contributed by atoms with Crippen molar-refractivity contribution in [3.8, 4) is 0 Å². The predicted octanol–water partition coefficient (Wildman–Crippen LogP) is 1.61. The zero-order valence-electron chi connectivity index (χ0n) is 15.2. The van der Waals surface area contributed by atoms with E-state index in [4.69, 9.17) is 9.31 Å². The number of aliphatic hydroxyl groups is 1. The molecule has 8 nitrogen and oxygen atoms in total. The third-order valence-electron chi connectivity index (χ3n) is 5.32. The van der Waals surface area contributed by atoms with E-state index >= 15 is 0 Å². The first-order valence-corrected chi connectivity index (χ1v) is 8.39. The molecule has 1 aliphatic carbocycles. The van der Waals surface area contributed by atoms with Crippen LogP contribution < -0.4 is 10.8 Å². The van der Waals surface area contributed by atoms with Crippen molar-refractivity contribution < 1.29 is 19.3 Å². The third kappa shape index (κ3) is 3.36. The molecule has 0 spiro atoms. The van der Waals surface area contributed by atoms with Gasteiger partial charge >= 0.3 is 12.8 Å². The Morgan fingerprint density at radius 2 is 1.84 bits per heavy atom. The van der Waals surface area contributed by atoms with E-state index in [0.29, 0.717) is 18.3 Å². The molecular weight excluding hydrogens is 325 g/mol. The minimum Gasteiger partial charge on any atom is -0.399 e. The van der Waals surface area contributed by atoms with E-state index in [1.54, 1.807) is 6.92 Å². The van der Waals surface area contributed by atoms with Crippen LogP contribution in [0.1, 0.15) is 47.5 Å². The van der Waals surface area contributed by atoms with Gasteiger partial charge in [-0.15, -0.1) is 0 Å². The maximum atomic E-state index is 11.5. The minimum atomic E-state index is -0.713. The van der Waals surface area contributed by atoms with Crippen LogP contribution in [-0.4, -0.2) is 45.0 Å². The van der Waals surface area contributed by atoms with Crippen molar-refractivity contribution in [1.82, 2.24) is 4.98 Å². The van der Waals surface area contributed by atoms with Crippen LogP contribution in [-0.2, 0) is 9.31 Å². The molecule has 136 valence electrons. The Labute approximate surface area is 147 Å². The molecule has 1 aliphatic heterocycles. The Kier molecular flexibility index (Phi) is 4.09. The second kappa shape index (κ2) is 5.65. The number of nitro groups is 1. The van der Waals surface area contributed by atoms with Crippen LogP contribution in [0.4, 0.5) is 11.5 Å². The van der Waals surface area contributed by atoms with Crippen LogP contribution in [0.3, 0.4) is 0 Å². The van der Waals surface area contributed by atoms with E-state index in [1.807, 2.05) is 27.7 Å². The largest absolute Gasteiger partial charge is 0.496 e. The Morgan fingerprint density at radius 3 is 2.32 bits per heavy atom. The highest BCUT2D eigenvalue weighted by Gasteiger charge is 2.52. The first-order chi connectivity index (χ1) is 11.4. The Morgan fingerprint density at radius 1 is 1.28 bits per heavy atom. The molecule has 1 saturated heterocycles. The average Bonchev–Trinajstić information content (AvgIpc) is 2.65. The molecule has 1 aromatic rings. The monoisotopic (exact) mass is 349 g/mol. The molecule has 2 heterocycles. The van der Waals surface area contributed by atoms with Gasteiger partial charge in [0.05, 0.1) is 21.7 Å². The fourth-order valence-corrected chi connectivity index (χ4v) is 3.12. The topological polar surface area (TPSA) is 107 Å². The standard InChI is InChI=1S/C16H24BN3O5/c1-14(2)15(3,4)25-17(24-14)10-6-12(20(22)23)13(18-9-10)19-11-7-16(5,21)8-11/h6,9,11,21H,7-8H2,1-5H3,(H,18,19). The van der Waals surface area contributed by atoms with Crippen molar-refractivity contribution in [3.63, 3.8) is 0 Å². The summed E-state index contributed by atoms with van der Waals surface area (Å²) in [5.74, 6) is 0.200. The van der Waals surface area contributed by atoms with Crippen LogP contribution >= 0.6 is 0 Å². The molecule has 9 heteroatoms. The van der Waals surface area contributed by atoms with Crippen molar-refractivity contribution in [2.75, 3.05) is 5.32 Å². The molecule has 3 rings (SSSR count). The van der Waals surface area contributed by atoms with Crippen molar-refractivity contribution in [3.05, 3.63) is 22.4 Å². The first kappa shape index (κ1) is 18.1. The van der Waals surface area contributed by atoms with E-state index in [2.05, 4.69) is 10.3 Å². The van der Waals surface area contributed by atoms with Gasteiger partial charge in [-0.1, -0.05) is 0 Å². The normalized spacial score (nSPS) is 30.0. The number of pyridine rings is 1. The fourth-order valence-electron chi connectivity index (χ4n) is 3.12. The summed E-state index contributed by atoms with van der Waals surface area (Å²) >= 11 is 0. The van der Waals surface area contributed by atoms with Crippen LogP contribution in [0.15, 0.2) is 12.3 Å². The van der Waals surface area contributed by atoms with Crippen molar-refractivity contribution in [2.45, 2.75) is 70.3 Å². The number of hydrogen-bond donors (Lipinski definition) is 2. The van der Waals surface area contributed by atoms with Crippen LogP contribution in [0, 0.1) is 10.1 Å². The van der Waals surface area contributed by atoms with Gasteiger partial charge in [0.1, 0.15) is 0 Å². The van der Waals surface area contributed by atoms with E-state index in [-0.39, 0.29) is 17.5 Å². The Balaban J connectivity index is 1.82. The Bertz CT molecular complexity index is 683. The van der Waals surface area contributed by atoms with Gasteiger partial charge in [0.15, 0.2) is 0 Å². The number of nitrogens with zero attached hydrogens (tertiary/aromatic N) is 2. The summed E-state index contributed by atoms with van der Waals surface area (Å²) in [5.41, 5.74) is -1.38. The molecule has 0 amide bonds. The van der Waals surface area contributed by atoms with Crippen LogP contribution in [0.25, 0.3) is 0 Å². The number of nitrogens with one attached hydrogen (secondary N) is 1. The number of hydrogen-bond acceptors (Lipinski definition) is 7. The van der Waals surface area contributed by atoms with Gasteiger partial charge in [0.25, 0.3) is 0 Å². The third-order valence-corrected chi connectivity index (χ3v) is 5.32. The predicted molar refractivity (Wildman–Crippen MR) is 93.9 cm³/mol. The SMILES string of the molecule is CC1(O)CC(Nc2ncc(B3OC(C)(C)C(C)(C)O3)cc2[N+](=O)[O-])C1. The van der Waals surface area contributed by atoms with Gasteiger partial charge in [-0.2, -0.15) is 0 Å². The van der Waals surface area contributed by atoms with Gasteiger partial charge < -0.3 is 19.7 Å². The summed E-state index contributed by atoms with van der Waals surface area (Å²) in [6, 6.07) is 1.41. The van der Waals surface area contributed by atoms with E-state index in [9.17, 15) is 15.2 Å². The molecule has 25 heavy (non-hydrogen) atoms. The molecule has 0 atom stereocenters. The molecule has 2 N–H and O–H groups in total. The zero-order chi connectivity index (χ0) is 18.6. The summed E-state index contributed by atoms with van der Waals surface area (Å²) in [4.78, 5) is 15.2. The van der Waals surface area contributed by atoms with Crippen LogP contribution in [0.5, 0.6) is 0 Å². The van der Waals surface area contributed by atoms with Gasteiger partial charge in [0, 0.05) is 23.8 Å². The highest BCUT2D eigenvalue weighted by molar-refractivity contribution is 6.62. The molecular formula is C16H24BN3O5. The summed E-state index contributed by atoms with van der Waals surface area (Å²) in [5, 5.41) is 24.3. The van der Waals surface area contributed by atoms with Crippen LogP contribution in [0.2, 0.25) is 0 Å². The van der Waals surface area contributed by atoms with E-state index in [1.165, 1.54) is 12.3 Å². The molecule has 0 unspecified atom stereocenters. The molecule has 1 saturated carbocycles. The summed E-state index contributed by atoms with van der Waals surface area (Å²) in [7, 11) is -0.699. The fraction of sp³-hybridized carbons (Fsp3) is 0.688. The molecule has 1 aromatic heterocycles. The zero-order valence-corrected chi connectivity index (χ0v) is 15.2. The van der Waals surface area contributed by atoms with Crippen molar-refractivity contribution in [1.29, 1.82) is 0 Å². The van der Waals surface area contributed by atoms with Gasteiger partial charge in [0.2, 0.25) is 5.82 Å². The maximum absolute atomic E-state index is 11.5. The first-order valence-electron chi connectivity index (χ1n) is 8.39. The second-order valence-corrected chi connectivity index (χ2v) is 8.23. The van der Waals surface area contributed by atoms with E-state index in [0.717, 1.165) is 0 Å². The lowest BCUT2D eigenvalue weighted by atomic mass is 9.77. The maximum Gasteiger partial charge on any atom is 0.496 e. The smallest absolute Gasteiger partial charge is 0.399 e. The lowest BCUT2D eigenvalue weighted by molar-refractivity contribution is -0.384. The summed E-state index contributed by atoms with van der Waals surface area (Å²) < 4.78 is 11.9. The Hall–Kier alpha value is -1.71. The molecule has 2 fully saturated rings. The number of anilines is 1. The molecule has 2 aliphatic rings. The highest BCUT2D eigenvalue weighted by Crippen LogP contribution is 2.37. The molecule has 0 aromatic carbocycles. The summed E-state index contributed by atoms with van der Waals surface area (Å²) in [6.45, 7) is 9.44. The van der Waals surface area contributed by atoms with Gasteiger partial charge in [-0.25, -0.2) is 4.98 Å².